The molecule has 0 atom stereocenters. The van der Waals surface area contributed by atoms with Crippen molar-refractivity contribution in [1.82, 2.24) is 0 Å². The van der Waals surface area contributed by atoms with Gasteiger partial charge in [-0.1, -0.05) is 0 Å². The summed E-state index contributed by atoms with van der Waals surface area (Å²) < 4.78 is 5.27. The Morgan fingerprint density at radius 1 is 1.04 bits per heavy atom. The maximum Gasteiger partial charge on any atom is 0.352 e. The number of rotatable bonds is 3. The van der Waals surface area contributed by atoms with Crippen LogP contribution in [-0.2, 0) is 12.8 Å². The summed E-state index contributed by atoms with van der Waals surface area (Å²) in [4.78, 5) is 27.0. The first-order chi connectivity index (χ1) is 12.6. The van der Waals surface area contributed by atoms with E-state index in [0.717, 1.165) is 31.6 Å². The summed E-state index contributed by atoms with van der Waals surface area (Å²) in [5.74, 6) is -0.369. The first-order valence-corrected chi connectivity index (χ1v) is 9.17. The first-order valence-electron chi connectivity index (χ1n) is 9.17. The largest absolute Gasteiger partial charge is 0.506 e. The molecule has 1 saturated heterocycles. The predicted octanol–water partition coefficient (Wildman–Crippen LogP) is 3.08. The molecule has 0 radical (unpaired) electrons. The van der Waals surface area contributed by atoms with Crippen molar-refractivity contribution in [2.45, 2.75) is 38.5 Å². The average molecular weight is 354 g/mol. The van der Waals surface area contributed by atoms with Crippen LogP contribution in [0.4, 0.5) is 11.4 Å². The van der Waals surface area contributed by atoms with Gasteiger partial charge in [0.1, 0.15) is 11.5 Å². The number of anilines is 2. The van der Waals surface area contributed by atoms with Gasteiger partial charge in [-0.3, -0.25) is 4.79 Å². The Hall–Kier alpha value is -2.76. The molecule has 0 spiro atoms. The molecule has 6 nitrogen and oxygen atoms in total. The number of carbonyl (C=O) groups excluding carboxylic acids is 1. The standard InChI is InChI=1S/C20H22N2O4/c23-18-15-5-1-2-6-16(15)26-20(25)17(18)19(24)21-13-7-9-14(10-8-13)22-11-3-4-12-22/h7-10,23H,1-6,11-12H2,(H,21,24). The number of hydrogen-bond acceptors (Lipinski definition) is 5. The number of nitrogens with one attached hydrogen (secondary N) is 1. The van der Waals surface area contributed by atoms with E-state index in [0.29, 0.717) is 29.9 Å². The Morgan fingerprint density at radius 3 is 2.46 bits per heavy atom. The van der Waals surface area contributed by atoms with E-state index in [1.54, 1.807) is 0 Å². The van der Waals surface area contributed by atoms with E-state index in [2.05, 4.69) is 10.2 Å². The zero-order valence-corrected chi connectivity index (χ0v) is 14.6. The Balaban J connectivity index is 1.56. The van der Waals surface area contributed by atoms with Gasteiger partial charge in [0, 0.05) is 36.4 Å². The van der Waals surface area contributed by atoms with Gasteiger partial charge in [0.15, 0.2) is 5.56 Å². The molecule has 1 fully saturated rings. The van der Waals surface area contributed by atoms with Crippen molar-refractivity contribution in [3.05, 3.63) is 51.6 Å². The molecule has 26 heavy (non-hydrogen) atoms. The summed E-state index contributed by atoms with van der Waals surface area (Å²) in [6.45, 7) is 2.10. The summed E-state index contributed by atoms with van der Waals surface area (Å²) in [5.41, 5.74) is 1.19. The Bertz CT molecular complexity index is 880. The van der Waals surface area contributed by atoms with Gasteiger partial charge in [-0.15, -0.1) is 0 Å². The molecule has 2 N–H and O–H groups in total. The molecule has 1 aliphatic heterocycles. The van der Waals surface area contributed by atoms with E-state index in [4.69, 9.17) is 4.42 Å². The third-order valence-corrected chi connectivity index (χ3v) is 5.18. The quantitative estimate of drug-likeness (QED) is 0.885. The van der Waals surface area contributed by atoms with Crippen LogP contribution in [0.5, 0.6) is 5.75 Å². The van der Waals surface area contributed by atoms with Crippen LogP contribution < -0.4 is 15.8 Å². The maximum absolute atomic E-state index is 12.5. The van der Waals surface area contributed by atoms with Gasteiger partial charge < -0.3 is 19.7 Å². The molecule has 1 aliphatic carbocycles. The molecule has 0 unspecified atom stereocenters. The smallest absolute Gasteiger partial charge is 0.352 e. The van der Waals surface area contributed by atoms with Crippen LogP contribution in [0.2, 0.25) is 0 Å². The number of aromatic hydroxyl groups is 1. The zero-order valence-electron chi connectivity index (χ0n) is 14.6. The molecular formula is C20H22N2O4. The van der Waals surface area contributed by atoms with Crippen molar-refractivity contribution in [2.75, 3.05) is 23.3 Å². The van der Waals surface area contributed by atoms with Gasteiger partial charge in [0.05, 0.1) is 0 Å². The van der Waals surface area contributed by atoms with Crippen molar-refractivity contribution >= 4 is 17.3 Å². The number of fused-ring (bicyclic) bond motifs is 1. The number of benzene rings is 1. The Morgan fingerprint density at radius 2 is 1.73 bits per heavy atom. The van der Waals surface area contributed by atoms with E-state index >= 15 is 0 Å². The van der Waals surface area contributed by atoms with E-state index in [-0.39, 0.29) is 11.3 Å². The monoisotopic (exact) mass is 354 g/mol. The predicted molar refractivity (Wildman–Crippen MR) is 99.1 cm³/mol. The van der Waals surface area contributed by atoms with Gasteiger partial charge in [-0.05, 0) is 56.4 Å². The van der Waals surface area contributed by atoms with Crippen LogP contribution in [0.25, 0.3) is 0 Å². The van der Waals surface area contributed by atoms with Crippen LogP contribution in [0, 0.1) is 0 Å². The number of carbonyl (C=O) groups is 1. The summed E-state index contributed by atoms with van der Waals surface area (Å²) in [6.07, 6.45) is 5.48. The summed E-state index contributed by atoms with van der Waals surface area (Å²) in [5, 5.41) is 13.1. The van der Waals surface area contributed by atoms with Crippen molar-refractivity contribution in [3.63, 3.8) is 0 Å². The molecule has 6 heteroatoms. The molecular weight excluding hydrogens is 332 g/mol. The molecule has 2 heterocycles. The molecule has 4 rings (SSSR count). The summed E-state index contributed by atoms with van der Waals surface area (Å²) in [6, 6.07) is 7.53. The summed E-state index contributed by atoms with van der Waals surface area (Å²) in [7, 11) is 0. The van der Waals surface area contributed by atoms with E-state index in [1.165, 1.54) is 12.8 Å². The highest BCUT2D eigenvalue weighted by molar-refractivity contribution is 6.06. The highest BCUT2D eigenvalue weighted by atomic mass is 16.4. The van der Waals surface area contributed by atoms with Crippen LogP contribution in [0.3, 0.4) is 0 Å². The third kappa shape index (κ3) is 3.07. The van der Waals surface area contributed by atoms with Gasteiger partial charge in [0.25, 0.3) is 5.91 Å². The average Bonchev–Trinajstić information content (AvgIpc) is 3.17. The topological polar surface area (TPSA) is 82.8 Å². The second-order valence-corrected chi connectivity index (χ2v) is 6.92. The van der Waals surface area contributed by atoms with Crippen molar-refractivity contribution in [3.8, 4) is 5.75 Å². The fourth-order valence-electron chi connectivity index (χ4n) is 3.78. The third-order valence-electron chi connectivity index (χ3n) is 5.18. The molecule has 2 aromatic rings. The SMILES string of the molecule is O=C(Nc1ccc(N2CCCC2)cc1)c1c(O)c2c(oc1=O)CCCC2. The van der Waals surface area contributed by atoms with Crippen molar-refractivity contribution in [1.29, 1.82) is 0 Å². The lowest BCUT2D eigenvalue weighted by molar-refractivity contribution is 0.101. The second-order valence-electron chi connectivity index (χ2n) is 6.92. The molecule has 1 aromatic carbocycles. The van der Waals surface area contributed by atoms with Crippen LogP contribution in [0.1, 0.15) is 47.4 Å². The Labute approximate surface area is 151 Å². The molecule has 1 amide bonds. The first kappa shape index (κ1) is 16.7. The lowest BCUT2D eigenvalue weighted by atomic mass is 9.95. The van der Waals surface area contributed by atoms with Crippen LogP contribution in [0.15, 0.2) is 33.5 Å². The normalized spacial score (nSPS) is 16.4. The molecule has 0 bridgehead atoms. The molecule has 0 saturated carbocycles. The highest BCUT2D eigenvalue weighted by Crippen LogP contribution is 2.30. The fraction of sp³-hybridized carbons (Fsp3) is 0.400. The number of nitrogens with zero attached hydrogens (tertiary/aromatic N) is 1. The number of hydrogen-bond donors (Lipinski definition) is 2. The van der Waals surface area contributed by atoms with Gasteiger partial charge in [0.2, 0.25) is 0 Å². The lowest BCUT2D eigenvalue weighted by Gasteiger charge is -2.18. The van der Waals surface area contributed by atoms with Crippen molar-refractivity contribution < 1.29 is 14.3 Å². The second kappa shape index (κ2) is 6.86. The minimum atomic E-state index is -0.783. The summed E-state index contributed by atoms with van der Waals surface area (Å²) >= 11 is 0. The maximum atomic E-state index is 12.5. The zero-order chi connectivity index (χ0) is 18.1. The minimum absolute atomic E-state index is 0.234. The highest BCUT2D eigenvalue weighted by Gasteiger charge is 2.26. The molecule has 136 valence electrons. The molecule has 1 aromatic heterocycles. The number of amides is 1. The van der Waals surface area contributed by atoms with E-state index in [1.807, 2.05) is 24.3 Å². The number of aryl methyl sites for hydroxylation is 1. The van der Waals surface area contributed by atoms with Gasteiger partial charge in [-0.25, -0.2) is 4.79 Å². The van der Waals surface area contributed by atoms with Gasteiger partial charge >= 0.3 is 5.63 Å². The van der Waals surface area contributed by atoms with E-state index in [9.17, 15) is 14.7 Å². The Kier molecular flexibility index (Phi) is 4.41. The van der Waals surface area contributed by atoms with Crippen LogP contribution in [-0.4, -0.2) is 24.1 Å². The van der Waals surface area contributed by atoms with Crippen molar-refractivity contribution in [2.24, 2.45) is 0 Å². The van der Waals surface area contributed by atoms with Crippen LogP contribution >= 0.6 is 0 Å². The van der Waals surface area contributed by atoms with Gasteiger partial charge in [-0.2, -0.15) is 0 Å². The minimum Gasteiger partial charge on any atom is -0.506 e. The van der Waals surface area contributed by atoms with E-state index < -0.39 is 11.5 Å². The fourth-order valence-corrected chi connectivity index (χ4v) is 3.78. The molecule has 2 aliphatic rings. The lowest BCUT2D eigenvalue weighted by Crippen LogP contribution is -2.23.